The van der Waals surface area contributed by atoms with Crippen molar-refractivity contribution in [2.45, 2.75) is 51.6 Å². The molecule has 0 saturated carbocycles. The Kier molecular flexibility index (Phi) is 7.56. The predicted octanol–water partition coefficient (Wildman–Crippen LogP) is 3.13. The van der Waals surface area contributed by atoms with Crippen LogP contribution in [0.1, 0.15) is 44.6 Å². The van der Waals surface area contributed by atoms with Crippen LogP contribution in [0.25, 0.3) is 0 Å². The Morgan fingerprint density at radius 3 is 2.78 bits per heavy atom. The van der Waals surface area contributed by atoms with Crippen LogP contribution < -0.4 is 5.32 Å². The number of benzene rings is 1. The minimum absolute atomic E-state index is 0.242. The van der Waals surface area contributed by atoms with Crippen LogP contribution in [-0.2, 0) is 11.3 Å². The molecule has 1 aromatic carbocycles. The Morgan fingerprint density at radius 2 is 2.09 bits per heavy atom. The second kappa shape index (κ2) is 9.68. The highest BCUT2D eigenvalue weighted by Gasteiger charge is 2.26. The molecule has 0 bridgehead atoms. The zero-order valence-corrected chi connectivity index (χ0v) is 14.2. The SMILES string of the molecule is CCCCC1CC(NCc2ccccc2)CN(CCC(=O)O)C1. The largest absolute Gasteiger partial charge is 0.481 e. The van der Waals surface area contributed by atoms with Gasteiger partial charge in [-0.2, -0.15) is 0 Å². The van der Waals surface area contributed by atoms with Crippen molar-refractivity contribution in [3.8, 4) is 0 Å². The highest BCUT2D eigenvalue weighted by Crippen LogP contribution is 2.22. The van der Waals surface area contributed by atoms with Gasteiger partial charge in [0.05, 0.1) is 6.42 Å². The molecular weight excluding hydrogens is 288 g/mol. The Balaban J connectivity index is 1.86. The first-order valence-corrected chi connectivity index (χ1v) is 8.88. The predicted molar refractivity (Wildman–Crippen MR) is 93.4 cm³/mol. The van der Waals surface area contributed by atoms with Crippen molar-refractivity contribution in [1.82, 2.24) is 10.2 Å². The molecule has 1 aliphatic heterocycles. The summed E-state index contributed by atoms with van der Waals surface area (Å²) in [4.78, 5) is 13.2. The van der Waals surface area contributed by atoms with Crippen molar-refractivity contribution in [3.05, 3.63) is 35.9 Å². The van der Waals surface area contributed by atoms with E-state index in [0.29, 0.717) is 18.5 Å². The molecule has 128 valence electrons. The van der Waals surface area contributed by atoms with Gasteiger partial charge in [0.15, 0.2) is 0 Å². The lowest BCUT2D eigenvalue weighted by Crippen LogP contribution is -2.49. The van der Waals surface area contributed by atoms with Crippen molar-refractivity contribution in [2.24, 2.45) is 5.92 Å². The summed E-state index contributed by atoms with van der Waals surface area (Å²) in [6.07, 6.45) is 5.20. The van der Waals surface area contributed by atoms with Gasteiger partial charge in [0.1, 0.15) is 0 Å². The molecule has 2 rings (SSSR count). The molecule has 2 atom stereocenters. The van der Waals surface area contributed by atoms with E-state index >= 15 is 0 Å². The number of aliphatic carboxylic acids is 1. The van der Waals surface area contributed by atoms with Crippen LogP contribution in [0.3, 0.4) is 0 Å². The fraction of sp³-hybridized carbons (Fsp3) is 0.632. The third-order valence-electron chi connectivity index (χ3n) is 4.66. The van der Waals surface area contributed by atoms with Gasteiger partial charge in [-0.15, -0.1) is 0 Å². The summed E-state index contributed by atoms with van der Waals surface area (Å²) >= 11 is 0. The molecule has 0 aromatic heterocycles. The molecule has 0 radical (unpaired) electrons. The van der Waals surface area contributed by atoms with Gasteiger partial charge < -0.3 is 15.3 Å². The van der Waals surface area contributed by atoms with Gasteiger partial charge in [0, 0.05) is 32.2 Å². The summed E-state index contributed by atoms with van der Waals surface area (Å²) in [6, 6.07) is 10.9. The van der Waals surface area contributed by atoms with E-state index in [2.05, 4.69) is 41.4 Å². The fourth-order valence-electron chi connectivity index (χ4n) is 3.45. The summed E-state index contributed by atoms with van der Waals surface area (Å²) in [5.41, 5.74) is 1.31. The van der Waals surface area contributed by atoms with Crippen molar-refractivity contribution in [2.75, 3.05) is 19.6 Å². The highest BCUT2D eigenvalue weighted by atomic mass is 16.4. The number of carboxylic acids is 1. The zero-order valence-electron chi connectivity index (χ0n) is 14.2. The molecule has 2 N–H and O–H groups in total. The maximum atomic E-state index is 10.8. The number of unbranched alkanes of at least 4 members (excludes halogenated alkanes) is 1. The van der Waals surface area contributed by atoms with E-state index in [9.17, 15) is 4.79 Å². The number of nitrogens with zero attached hydrogens (tertiary/aromatic N) is 1. The fourth-order valence-corrected chi connectivity index (χ4v) is 3.45. The van der Waals surface area contributed by atoms with Crippen molar-refractivity contribution >= 4 is 5.97 Å². The molecule has 0 amide bonds. The highest BCUT2D eigenvalue weighted by molar-refractivity contribution is 5.66. The maximum absolute atomic E-state index is 10.8. The number of hydrogen-bond donors (Lipinski definition) is 2. The van der Waals surface area contributed by atoms with Crippen molar-refractivity contribution in [1.29, 1.82) is 0 Å². The van der Waals surface area contributed by atoms with E-state index in [4.69, 9.17) is 5.11 Å². The van der Waals surface area contributed by atoms with Gasteiger partial charge in [0.2, 0.25) is 0 Å². The standard InChI is InChI=1S/C19H30N2O2/c1-2-3-7-17-12-18(15-21(14-17)11-10-19(22)23)20-13-16-8-5-4-6-9-16/h4-6,8-9,17-18,20H,2-3,7,10-15H2,1H3,(H,22,23). The van der Waals surface area contributed by atoms with Crippen LogP contribution in [-0.4, -0.2) is 41.7 Å². The number of piperidine rings is 1. The number of carboxylic acid groups (broad SMARTS) is 1. The van der Waals surface area contributed by atoms with E-state index in [1.807, 2.05) is 6.07 Å². The average Bonchev–Trinajstić information content (AvgIpc) is 2.57. The molecule has 23 heavy (non-hydrogen) atoms. The monoisotopic (exact) mass is 318 g/mol. The summed E-state index contributed by atoms with van der Waals surface area (Å²) in [6.45, 7) is 5.80. The number of hydrogen-bond acceptors (Lipinski definition) is 3. The molecule has 1 aliphatic rings. The van der Waals surface area contributed by atoms with Crippen LogP contribution in [0.2, 0.25) is 0 Å². The molecule has 1 saturated heterocycles. The Hall–Kier alpha value is -1.39. The first kappa shape index (κ1) is 18.0. The average molecular weight is 318 g/mol. The molecule has 0 aliphatic carbocycles. The quantitative estimate of drug-likeness (QED) is 0.734. The third kappa shape index (κ3) is 6.71. The molecule has 1 aromatic rings. The van der Waals surface area contributed by atoms with Gasteiger partial charge in [-0.1, -0.05) is 50.1 Å². The molecule has 4 heteroatoms. The Labute approximate surface area is 139 Å². The number of carbonyl (C=O) groups is 1. The van der Waals surface area contributed by atoms with Crippen LogP contribution >= 0.6 is 0 Å². The lowest BCUT2D eigenvalue weighted by atomic mass is 9.89. The summed E-state index contributed by atoms with van der Waals surface area (Å²) in [7, 11) is 0. The van der Waals surface area contributed by atoms with E-state index in [0.717, 1.165) is 19.6 Å². The molecule has 1 heterocycles. The van der Waals surface area contributed by atoms with Gasteiger partial charge in [0.25, 0.3) is 0 Å². The summed E-state index contributed by atoms with van der Waals surface area (Å²) < 4.78 is 0. The maximum Gasteiger partial charge on any atom is 0.304 e. The second-order valence-corrected chi connectivity index (χ2v) is 6.71. The molecule has 4 nitrogen and oxygen atoms in total. The minimum atomic E-state index is -0.700. The lowest BCUT2D eigenvalue weighted by Gasteiger charge is -2.38. The van der Waals surface area contributed by atoms with Crippen molar-refractivity contribution < 1.29 is 9.90 Å². The van der Waals surface area contributed by atoms with E-state index in [1.165, 1.54) is 31.2 Å². The van der Waals surface area contributed by atoms with Gasteiger partial charge in [-0.25, -0.2) is 0 Å². The first-order chi connectivity index (χ1) is 11.2. The normalized spacial score (nSPS) is 22.1. The van der Waals surface area contributed by atoms with Crippen LogP contribution in [0, 0.1) is 5.92 Å². The lowest BCUT2D eigenvalue weighted by molar-refractivity contribution is -0.137. The molecule has 0 spiro atoms. The van der Waals surface area contributed by atoms with Gasteiger partial charge in [-0.05, 0) is 24.3 Å². The van der Waals surface area contributed by atoms with E-state index in [1.54, 1.807) is 0 Å². The zero-order chi connectivity index (χ0) is 16.5. The van der Waals surface area contributed by atoms with E-state index < -0.39 is 5.97 Å². The van der Waals surface area contributed by atoms with Crippen LogP contribution in [0.5, 0.6) is 0 Å². The van der Waals surface area contributed by atoms with Gasteiger partial charge in [-0.3, -0.25) is 4.79 Å². The summed E-state index contributed by atoms with van der Waals surface area (Å²) in [5, 5.41) is 12.6. The second-order valence-electron chi connectivity index (χ2n) is 6.71. The van der Waals surface area contributed by atoms with Crippen LogP contribution in [0.15, 0.2) is 30.3 Å². The van der Waals surface area contributed by atoms with Gasteiger partial charge >= 0.3 is 5.97 Å². The van der Waals surface area contributed by atoms with Crippen LogP contribution in [0.4, 0.5) is 0 Å². The molecular formula is C19H30N2O2. The number of nitrogens with one attached hydrogen (secondary N) is 1. The van der Waals surface area contributed by atoms with Crippen molar-refractivity contribution in [3.63, 3.8) is 0 Å². The molecule has 1 fully saturated rings. The third-order valence-corrected chi connectivity index (χ3v) is 4.66. The smallest absolute Gasteiger partial charge is 0.304 e. The Bertz CT molecular complexity index is 464. The number of likely N-dealkylation sites (tertiary alicyclic amines) is 1. The first-order valence-electron chi connectivity index (χ1n) is 8.88. The topological polar surface area (TPSA) is 52.6 Å². The summed E-state index contributed by atoms with van der Waals surface area (Å²) in [5.74, 6) is -0.0137. The Morgan fingerprint density at radius 1 is 1.30 bits per heavy atom. The minimum Gasteiger partial charge on any atom is -0.481 e. The molecule has 2 unspecified atom stereocenters. The number of rotatable bonds is 9. The van der Waals surface area contributed by atoms with E-state index in [-0.39, 0.29) is 6.42 Å².